The van der Waals surface area contributed by atoms with Gasteiger partial charge in [0.05, 0.1) is 7.11 Å². The predicted molar refractivity (Wildman–Crippen MR) is 91.9 cm³/mol. The molecular formula is C18H23NO6. The molecule has 0 bridgehead atoms. The van der Waals surface area contributed by atoms with Gasteiger partial charge in [-0.3, -0.25) is 4.79 Å². The zero-order chi connectivity index (χ0) is 18.2. The summed E-state index contributed by atoms with van der Waals surface area (Å²) in [6.07, 6.45) is 2.80. The minimum Gasteiger partial charge on any atom is -0.493 e. The number of amides is 1. The maximum absolute atomic E-state index is 11.9. The molecule has 0 fully saturated rings. The molecule has 2 rings (SSSR count). The molecule has 1 aliphatic heterocycles. The van der Waals surface area contributed by atoms with Gasteiger partial charge in [0, 0.05) is 12.6 Å². The van der Waals surface area contributed by atoms with E-state index in [0.29, 0.717) is 42.6 Å². The summed E-state index contributed by atoms with van der Waals surface area (Å²) in [5.74, 6) is 0.718. The van der Waals surface area contributed by atoms with Gasteiger partial charge in [0.1, 0.15) is 13.2 Å². The number of benzene rings is 1. The summed E-state index contributed by atoms with van der Waals surface area (Å²) in [4.78, 5) is 23.6. The fourth-order valence-electron chi connectivity index (χ4n) is 2.21. The molecule has 7 nitrogen and oxygen atoms in total. The Hall–Kier alpha value is -2.70. The molecule has 7 heteroatoms. The SMILES string of the molecule is CCCNC(=O)[C@H](C)OC(=O)/C=C/c1cc(OC)c2c(c1)OCCO2. The van der Waals surface area contributed by atoms with Crippen molar-refractivity contribution in [2.75, 3.05) is 26.9 Å². The zero-order valence-electron chi connectivity index (χ0n) is 14.7. The number of carbonyl (C=O) groups excluding carboxylic acids is 2. The second kappa shape index (κ2) is 8.96. The van der Waals surface area contributed by atoms with Crippen molar-refractivity contribution < 1.29 is 28.5 Å². The Morgan fingerprint density at radius 3 is 2.80 bits per heavy atom. The van der Waals surface area contributed by atoms with E-state index in [-0.39, 0.29) is 5.91 Å². The number of rotatable bonds is 7. The summed E-state index contributed by atoms with van der Waals surface area (Å²) >= 11 is 0. The molecule has 1 aromatic rings. The Labute approximate surface area is 146 Å². The molecule has 25 heavy (non-hydrogen) atoms. The Morgan fingerprint density at radius 2 is 2.08 bits per heavy atom. The molecule has 0 aliphatic carbocycles. The van der Waals surface area contributed by atoms with Crippen LogP contribution in [0.15, 0.2) is 18.2 Å². The lowest BCUT2D eigenvalue weighted by Crippen LogP contribution is -2.35. The number of hydrogen-bond donors (Lipinski definition) is 1. The summed E-state index contributed by atoms with van der Waals surface area (Å²) < 4.78 is 21.4. The normalized spacial score (nSPS) is 14.0. The molecule has 0 radical (unpaired) electrons. The molecule has 1 heterocycles. The van der Waals surface area contributed by atoms with Crippen molar-refractivity contribution in [1.82, 2.24) is 5.32 Å². The van der Waals surface area contributed by atoms with Crippen LogP contribution in [0.3, 0.4) is 0 Å². The number of hydrogen-bond acceptors (Lipinski definition) is 6. The molecular weight excluding hydrogens is 326 g/mol. The Kier molecular flexibility index (Phi) is 6.68. The van der Waals surface area contributed by atoms with Crippen LogP contribution in [0.1, 0.15) is 25.8 Å². The first kappa shape index (κ1) is 18.6. The molecule has 0 spiro atoms. The van der Waals surface area contributed by atoms with Crippen LogP contribution in [0, 0.1) is 0 Å². The number of methoxy groups -OCH3 is 1. The zero-order valence-corrected chi connectivity index (χ0v) is 14.7. The molecule has 1 N–H and O–H groups in total. The second-order valence-electron chi connectivity index (χ2n) is 5.45. The highest BCUT2D eigenvalue weighted by Crippen LogP contribution is 2.40. The highest BCUT2D eigenvalue weighted by atomic mass is 16.6. The summed E-state index contributed by atoms with van der Waals surface area (Å²) in [6.45, 7) is 4.94. The first-order valence-corrected chi connectivity index (χ1v) is 8.19. The molecule has 136 valence electrons. The third-order valence-corrected chi connectivity index (χ3v) is 3.47. The number of esters is 1. The third kappa shape index (κ3) is 5.14. The van der Waals surface area contributed by atoms with E-state index in [1.807, 2.05) is 6.92 Å². The van der Waals surface area contributed by atoms with E-state index in [1.165, 1.54) is 20.1 Å². The van der Waals surface area contributed by atoms with Crippen molar-refractivity contribution in [1.29, 1.82) is 0 Å². The van der Waals surface area contributed by atoms with Crippen molar-refractivity contribution in [3.8, 4) is 17.2 Å². The first-order valence-electron chi connectivity index (χ1n) is 8.19. The Bertz CT molecular complexity index is 638. The predicted octanol–water partition coefficient (Wildman–Crippen LogP) is 1.94. The molecule has 0 saturated heterocycles. The lowest BCUT2D eigenvalue weighted by atomic mass is 10.1. The molecule has 1 aromatic carbocycles. The maximum atomic E-state index is 11.9. The van der Waals surface area contributed by atoms with Crippen LogP contribution in [0.25, 0.3) is 6.08 Å². The van der Waals surface area contributed by atoms with Gasteiger partial charge in [0.15, 0.2) is 17.6 Å². The molecule has 1 amide bonds. The smallest absolute Gasteiger partial charge is 0.331 e. The van der Waals surface area contributed by atoms with Gasteiger partial charge in [-0.15, -0.1) is 0 Å². The van der Waals surface area contributed by atoms with Gasteiger partial charge >= 0.3 is 5.97 Å². The van der Waals surface area contributed by atoms with Crippen LogP contribution >= 0.6 is 0 Å². The van der Waals surface area contributed by atoms with Gasteiger partial charge < -0.3 is 24.3 Å². The largest absolute Gasteiger partial charge is 0.493 e. The van der Waals surface area contributed by atoms with Crippen LogP contribution in [-0.4, -0.2) is 44.8 Å². The molecule has 0 saturated carbocycles. The van der Waals surface area contributed by atoms with Crippen molar-refractivity contribution in [3.63, 3.8) is 0 Å². The van der Waals surface area contributed by atoms with Gasteiger partial charge in [-0.25, -0.2) is 4.79 Å². The van der Waals surface area contributed by atoms with Gasteiger partial charge in [-0.05, 0) is 37.1 Å². The number of nitrogens with one attached hydrogen (secondary N) is 1. The van der Waals surface area contributed by atoms with E-state index in [1.54, 1.807) is 18.2 Å². The average Bonchev–Trinajstić information content (AvgIpc) is 2.63. The lowest BCUT2D eigenvalue weighted by molar-refractivity contribution is -0.150. The summed E-state index contributed by atoms with van der Waals surface area (Å²) in [6, 6.07) is 3.48. The number of ether oxygens (including phenoxy) is 4. The summed E-state index contributed by atoms with van der Waals surface area (Å²) in [5, 5.41) is 2.67. The summed E-state index contributed by atoms with van der Waals surface area (Å²) in [5.41, 5.74) is 0.695. The van der Waals surface area contributed by atoms with Crippen LogP contribution in [0.2, 0.25) is 0 Å². The van der Waals surface area contributed by atoms with Crippen molar-refractivity contribution in [2.24, 2.45) is 0 Å². The third-order valence-electron chi connectivity index (χ3n) is 3.47. The quantitative estimate of drug-likeness (QED) is 0.598. The van der Waals surface area contributed by atoms with Crippen molar-refractivity contribution >= 4 is 18.0 Å². The van der Waals surface area contributed by atoms with Crippen molar-refractivity contribution in [3.05, 3.63) is 23.8 Å². The van der Waals surface area contributed by atoms with Gasteiger partial charge in [0.25, 0.3) is 5.91 Å². The van der Waals surface area contributed by atoms with E-state index >= 15 is 0 Å². The van der Waals surface area contributed by atoms with E-state index in [9.17, 15) is 9.59 Å². The minimum absolute atomic E-state index is 0.315. The van der Waals surface area contributed by atoms with E-state index in [4.69, 9.17) is 18.9 Å². The van der Waals surface area contributed by atoms with Gasteiger partial charge in [0.2, 0.25) is 5.75 Å². The highest BCUT2D eigenvalue weighted by Gasteiger charge is 2.18. The Morgan fingerprint density at radius 1 is 1.32 bits per heavy atom. The van der Waals surface area contributed by atoms with Crippen LogP contribution in [0.5, 0.6) is 17.2 Å². The molecule has 0 unspecified atom stereocenters. The maximum Gasteiger partial charge on any atom is 0.331 e. The second-order valence-corrected chi connectivity index (χ2v) is 5.45. The van der Waals surface area contributed by atoms with Crippen LogP contribution in [0.4, 0.5) is 0 Å². The first-order chi connectivity index (χ1) is 12.0. The average molecular weight is 349 g/mol. The molecule has 0 aromatic heterocycles. The topological polar surface area (TPSA) is 83.1 Å². The van der Waals surface area contributed by atoms with E-state index in [2.05, 4.69) is 5.32 Å². The summed E-state index contributed by atoms with van der Waals surface area (Å²) in [7, 11) is 1.53. The molecule has 1 atom stereocenters. The molecule has 1 aliphatic rings. The fraction of sp³-hybridized carbons (Fsp3) is 0.444. The van der Waals surface area contributed by atoms with Gasteiger partial charge in [-0.2, -0.15) is 0 Å². The number of carbonyl (C=O) groups is 2. The highest BCUT2D eigenvalue weighted by molar-refractivity contribution is 5.90. The lowest BCUT2D eigenvalue weighted by Gasteiger charge is -2.20. The standard InChI is InChI=1S/C18H23NO6/c1-4-7-19-18(21)12(2)25-16(20)6-5-13-10-14(22-3)17-15(11-13)23-8-9-24-17/h5-6,10-12H,4,7-9H2,1-3H3,(H,19,21)/b6-5+/t12-/m0/s1. The monoisotopic (exact) mass is 349 g/mol. The van der Waals surface area contributed by atoms with E-state index in [0.717, 1.165) is 6.42 Å². The van der Waals surface area contributed by atoms with Crippen LogP contribution < -0.4 is 19.5 Å². The van der Waals surface area contributed by atoms with Crippen molar-refractivity contribution in [2.45, 2.75) is 26.4 Å². The fourth-order valence-corrected chi connectivity index (χ4v) is 2.21. The number of fused-ring (bicyclic) bond motifs is 1. The minimum atomic E-state index is -0.849. The Balaban J connectivity index is 2.01. The van der Waals surface area contributed by atoms with Gasteiger partial charge in [-0.1, -0.05) is 6.92 Å². The van der Waals surface area contributed by atoms with E-state index < -0.39 is 12.1 Å². The van der Waals surface area contributed by atoms with Crippen LogP contribution in [-0.2, 0) is 14.3 Å².